The van der Waals surface area contributed by atoms with E-state index in [4.69, 9.17) is 5.11 Å². The molecule has 14 heteroatoms. The first-order valence-electron chi connectivity index (χ1n) is 8.71. The smallest absolute Gasteiger partial charge is 0.394 e. The molecule has 170 valence electrons. The summed E-state index contributed by atoms with van der Waals surface area (Å²) in [6.45, 7) is -1.47. The molecule has 0 saturated heterocycles. The summed E-state index contributed by atoms with van der Waals surface area (Å²) in [6, 6.07) is 1.76. The Labute approximate surface area is 174 Å². The molecule has 1 amide bonds. The van der Waals surface area contributed by atoms with E-state index in [-0.39, 0.29) is 16.9 Å². The Morgan fingerprint density at radius 2 is 1.81 bits per heavy atom. The van der Waals surface area contributed by atoms with E-state index >= 15 is 0 Å². The van der Waals surface area contributed by atoms with Crippen LogP contribution in [-0.4, -0.2) is 49.8 Å². The Balaban J connectivity index is 2.11. The van der Waals surface area contributed by atoms with Gasteiger partial charge < -0.3 is 10.4 Å². The molecule has 1 aromatic carbocycles. The van der Waals surface area contributed by atoms with Crippen LogP contribution in [0.4, 0.5) is 26.3 Å². The predicted molar refractivity (Wildman–Crippen MR) is 96.8 cm³/mol. The number of carbonyl (C=O) groups is 1. The number of aliphatic hydroxyl groups is 1. The number of aromatic nitrogens is 4. The van der Waals surface area contributed by atoms with Crippen LogP contribution in [0.3, 0.4) is 0 Å². The fourth-order valence-corrected chi connectivity index (χ4v) is 2.63. The van der Waals surface area contributed by atoms with Gasteiger partial charge in [-0.3, -0.25) is 14.7 Å². The summed E-state index contributed by atoms with van der Waals surface area (Å²) in [4.78, 5) is 25.1. The molecular formula is C18H13F6N5O3. The summed E-state index contributed by atoms with van der Waals surface area (Å²) in [6.07, 6.45) is -7.25. The van der Waals surface area contributed by atoms with Gasteiger partial charge in [0.15, 0.2) is 0 Å². The van der Waals surface area contributed by atoms with Crippen molar-refractivity contribution in [3.05, 3.63) is 64.2 Å². The Kier molecular flexibility index (Phi) is 6.07. The van der Waals surface area contributed by atoms with Gasteiger partial charge in [0, 0.05) is 11.8 Å². The normalized spacial score (nSPS) is 13.1. The highest BCUT2D eigenvalue weighted by atomic mass is 19.4. The molecule has 0 aliphatic carbocycles. The molecule has 0 fully saturated rings. The van der Waals surface area contributed by atoms with Gasteiger partial charge in [-0.1, -0.05) is 12.1 Å². The Morgan fingerprint density at radius 1 is 1.16 bits per heavy atom. The monoisotopic (exact) mass is 461 g/mol. The second-order valence-corrected chi connectivity index (χ2v) is 6.44. The minimum atomic E-state index is -4.99. The van der Waals surface area contributed by atoms with Crippen LogP contribution in [0.15, 0.2) is 47.5 Å². The fourth-order valence-electron chi connectivity index (χ4n) is 2.63. The predicted octanol–water partition coefficient (Wildman–Crippen LogP) is 2.29. The summed E-state index contributed by atoms with van der Waals surface area (Å²) in [7, 11) is 0. The minimum absolute atomic E-state index is 0.0207. The van der Waals surface area contributed by atoms with Gasteiger partial charge in [-0.15, -0.1) is 0 Å². The first-order valence-corrected chi connectivity index (χ1v) is 8.71. The number of aromatic amines is 1. The second kappa shape index (κ2) is 8.45. The number of rotatable bonds is 5. The molecule has 8 nitrogen and oxygen atoms in total. The number of aliphatic hydroxyl groups excluding tert-OH is 1. The van der Waals surface area contributed by atoms with Gasteiger partial charge in [0.1, 0.15) is 17.3 Å². The standard InChI is InChI=1S/C18H13F6N5O3/c19-17(20,21)10-3-1-9(2-4-10)13-5-12(15(31)27-14(8-30)18(22,23)24)16(32)29(28-13)11-6-25-26-7-11/h1-7,14,30H,8H2,(H,25,26)(H,27,31)/t14-/m1/s1. The zero-order valence-corrected chi connectivity index (χ0v) is 15.7. The third-order valence-electron chi connectivity index (χ3n) is 4.28. The summed E-state index contributed by atoms with van der Waals surface area (Å²) in [5.41, 5.74) is -2.95. The zero-order chi connectivity index (χ0) is 23.7. The van der Waals surface area contributed by atoms with Crippen LogP contribution in [-0.2, 0) is 6.18 Å². The lowest BCUT2D eigenvalue weighted by atomic mass is 10.1. The van der Waals surface area contributed by atoms with Crippen molar-refractivity contribution in [1.82, 2.24) is 25.3 Å². The average molecular weight is 461 g/mol. The molecule has 0 aliphatic rings. The Bertz CT molecular complexity index is 1150. The van der Waals surface area contributed by atoms with E-state index in [0.717, 1.165) is 36.5 Å². The molecule has 2 aromatic heterocycles. The number of amides is 1. The van der Waals surface area contributed by atoms with Crippen molar-refractivity contribution in [3.63, 3.8) is 0 Å². The minimum Gasteiger partial charge on any atom is -0.394 e. The van der Waals surface area contributed by atoms with Gasteiger partial charge in [0.25, 0.3) is 11.5 Å². The molecular weight excluding hydrogens is 448 g/mol. The van der Waals surface area contributed by atoms with Crippen molar-refractivity contribution >= 4 is 5.91 Å². The van der Waals surface area contributed by atoms with Gasteiger partial charge >= 0.3 is 12.4 Å². The van der Waals surface area contributed by atoms with E-state index in [2.05, 4.69) is 15.3 Å². The largest absolute Gasteiger partial charge is 0.416 e. The van der Waals surface area contributed by atoms with Crippen molar-refractivity contribution < 1.29 is 36.2 Å². The van der Waals surface area contributed by atoms with Crippen molar-refractivity contribution in [2.75, 3.05) is 6.61 Å². The van der Waals surface area contributed by atoms with Gasteiger partial charge in [-0.05, 0) is 18.2 Å². The lowest BCUT2D eigenvalue weighted by Gasteiger charge is -2.19. The quantitative estimate of drug-likeness (QED) is 0.505. The van der Waals surface area contributed by atoms with E-state index < -0.39 is 47.6 Å². The molecule has 0 spiro atoms. The molecule has 0 radical (unpaired) electrons. The third-order valence-corrected chi connectivity index (χ3v) is 4.28. The van der Waals surface area contributed by atoms with Crippen LogP contribution in [0.5, 0.6) is 0 Å². The van der Waals surface area contributed by atoms with Crippen LogP contribution in [0.1, 0.15) is 15.9 Å². The fraction of sp³-hybridized carbons (Fsp3) is 0.222. The van der Waals surface area contributed by atoms with Gasteiger partial charge in [-0.25, -0.2) is 0 Å². The average Bonchev–Trinajstić information content (AvgIpc) is 3.25. The highest BCUT2D eigenvalue weighted by Crippen LogP contribution is 2.30. The third kappa shape index (κ3) is 4.80. The highest BCUT2D eigenvalue weighted by molar-refractivity contribution is 5.95. The van der Waals surface area contributed by atoms with E-state index in [1.54, 1.807) is 0 Å². The van der Waals surface area contributed by atoms with E-state index in [0.29, 0.717) is 4.68 Å². The highest BCUT2D eigenvalue weighted by Gasteiger charge is 2.40. The number of halogens is 6. The number of nitrogens with one attached hydrogen (secondary N) is 2. The van der Waals surface area contributed by atoms with E-state index in [1.165, 1.54) is 11.5 Å². The maximum absolute atomic E-state index is 12.9. The molecule has 1 atom stereocenters. The van der Waals surface area contributed by atoms with Crippen molar-refractivity contribution in [3.8, 4) is 16.9 Å². The second-order valence-electron chi connectivity index (χ2n) is 6.44. The molecule has 0 unspecified atom stereocenters. The molecule has 0 saturated carbocycles. The SMILES string of the molecule is O=C(N[C@H](CO)C(F)(F)F)c1cc(-c2ccc(C(F)(F)F)cc2)nn(-c2cn[nH]c2)c1=O. The van der Waals surface area contributed by atoms with Gasteiger partial charge in [-0.2, -0.15) is 41.2 Å². The van der Waals surface area contributed by atoms with Crippen LogP contribution < -0.4 is 10.9 Å². The lowest BCUT2D eigenvalue weighted by Crippen LogP contribution is -2.49. The number of H-pyrrole nitrogens is 1. The van der Waals surface area contributed by atoms with Crippen LogP contribution in [0, 0.1) is 0 Å². The molecule has 3 rings (SSSR count). The van der Waals surface area contributed by atoms with E-state index in [1.807, 2.05) is 0 Å². The maximum Gasteiger partial charge on any atom is 0.416 e. The van der Waals surface area contributed by atoms with Gasteiger partial charge in [0.05, 0.1) is 24.1 Å². The molecule has 0 bridgehead atoms. The Hall–Kier alpha value is -3.68. The number of nitrogens with zero attached hydrogens (tertiary/aromatic N) is 3. The van der Waals surface area contributed by atoms with Crippen LogP contribution >= 0.6 is 0 Å². The van der Waals surface area contributed by atoms with Crippen LogP contribution in [0.25, 0.3) is 16.9 Å². The molecule has 3 aromatic rings. The maximum atomic E-state index is 12.9. The van der Waals surface area contributed by atoms with Crippen molar-refractivity contribution in [1.29, 1.82) is 0 Å². The zero-order valence-electron chi connectivity index (χ0n) is 15.7. The number of alkyl halides is 6. The van der Waals surface area contributed by atoms with Crippen LogP contribution in [0.2, 0.25) is 0 Å². The summed E-state index contributed by atoms with van der Waals surface area (Å²) < 4.78 is 77.8. The summed E-state index contributed by atoms with van der Waals surface area (Å²) >= 11 is 0. The number of carbonyl (C=O) groups excluding carboxylic acids is 1. The molecule has 2 heterocycles. The topological polar surface area (TPSA) is 113 Å². The summed E-state index contributed by atoms with van der Waals surface area (Å²) in [5, 5.41) is 20.4. The summed E-state index contributed by atoms with van der Waals surface area (Å²) in [5.74, 6) is -1.46. The first kappa shape index (κ1) is 23.0. The molecule has 3 N–H and O–H groups in total. The van der Waals surface area contributed by atoms with Gasteiger partial charge in [0.2, 0.25) is 0 Å². The molecule has 32 heavy (non-hydrogen) atoms. The number of hydrogen-bond donors (Lipinski definition) is 3. The first-order chi connectivity index (χ1) is 14.9. The Morgan fingerprint density at radius 3 is 2.31 bits per heavy atom. The van der Waals surface area contributed by atoms with Crippen molar-refractivity contribution in [2.24, 2.45) is 0 Å². The number of hydrogen-bond acceptors (Lipinski definition) is 5. The van der Waals surface area contributed by atoms with Crippen molar-refractivity contribution in [2.45, 2.75) is 18.4 Å². The molecule has 0 aliphatic heterocycles. The lowest BCUT2D eigenvalue weighted by molar-refractivity contribution is -0.161. The number of benzene rings is 1. The van der Waals surface area contributed by atoms with E-state index in [9.17, 15) is 35.9 Å².